The molecule has 0 bridgehead atoms. The van der Waals surface area contributed by atoms with Crippen LogP contribution in [0.15, 0.2) is 78.9 Å². The molecular weight excluding hydrogens is 436 g/mol. The number of para-hydroxylation sites is 4. The number of anilines is 2. The summed E-state index contributed by atoms with van der Waals surface area (Å²) in [5.74, 6) is -0.382. The number of carbonyl (C=O) groups is 2. The molecule has 1 fully saturated rings. The van der Waals surface area contributed by atoms with Crippen molar-refractivity contribution >= 4 is 28.9 Å². The van der Waals surface area contributed by atoms with Gasteiger partial charge in [-0.1, -0.05) is 42.5 Å². The third-order valence-corrected chi connectivity index (χ3v) is 5.53. The Morgan fingerprint density at radius 3 is 2.26 bits per heavy atom. The average Bonchev–Trinajstić information content (AvgIpc) is 2.88. The fourth-order valence-corrected chi connectivity index (χ4v) is 3.83. The average molecular weight is 460 g/mol. The van der Waals surface area contributed by atoms with Gasteiger partial charge in [0.25, 0.3) is 11.8 Å². The molecule has 1 aliphatic rings. The summed E-state index contributed by atoms with van der Waals surface area (Å²) in [5, 5.41) is 13.9. The van der Waals surface area contributed by atoms with Gasteiger partial charge in [-0.25, -0.2) is 0 Å². The molecule has 9 heteroatoms. The van der Waals surface area contributed by atoms with Crippen LogP contribution in [0.4, 0.5) is 17.1 Å². The SMILES string of the molecule is O=C(COc1ccccc1[N+](=O)[O-])Nc1ccccc1N1CCN(C(=O)c2ccccc2)CC1. The molecule has 0 atom stereocenters. The van der Waals surface area contributed by atoms with Gasteiger partial charge in [0.2, 0.25) is 0 Å². The zero-order valence-corrected chi connectivity index (χ0v) is 18.4. The number of amides is 2. The highest BCUT2D eigenvalue weighted by atomic mass is 16.6. The highest BCUT2D eigenvalue weighted by Crippen LogP contribution is 2.28. The number of nitro benzene ring substituents is 1. The normalized spacial score (nSPS) is 13.3. The number of rotatable bonds is 7. The van der Waals surface area contributed by atoms with Gasteiger partial charge in [0.1, 0.15) is 0 Å². The van der Waals surface area contributed by atoms with E-state index in [4.69, 9.17) is 4.74 Å². The van der Waals surface area contributed by atoms with Gasteiger partial charge in [-0.3, -0.25) is 19.7 Å². The summed E-state index contributed by atoms with van der Waals surface area (Å²) in [7, 11) is 0. The lowest BCUT2D eigenvalue weighted by Crippen LogP contribution is -2.49. The number of piperazine rings is 1. The molecule has 1 heterocycles. The van der Waals surface area contributed by atoms with Crippen molar-refractivity contribution in [2.75, 3.05) is 43.0 Å². The Morgan fingerprint density at radius 1 is 0.882 bits per heavy atom. The van der Waals surface area contributed by atoms with E-state index >= 15 is 0 Å². The van der Waals surface area contributed by atoms with E-state index in [9.17, 15) is 19.7 Å². The molecule has 1 N–H and O–H groups in total. The summed E-state index contributed by atoms with van der Waals surface area (Å²) in [5.41, 5.74) is 1.93. The van der Waals surface area contributed by atoms with E-state index in [0.29, 0.717) is 37.4 Å². The number of nitrogens with one attached hydrogen (secondary N) is 1. The molecule has 174 valence electrons. The van der Waals surface area contributed by atoms with Gasteiger partial charge in [-0.05, 0) is 30.3 Å². The lowest BCUT2D eigenvalue weighted by molar-refractivity contribution is -0.385. The maximum atomic E-state index is 12.7. The predicted molar refractivity (Wildman–Crippen MR) is 128 cm³/mol. The summed E-state index contributed by atoms with van der Waals surface area (Å²) in [6.45, 7) is 2.02. The quantitative estimate of drug-likeness (QED) is 0.427. The van der Waals surface area contributed by atoms with Crippen LogP contribution in [0.25, 0.3) is 0 Å². The minimum Gasteiger partial charge on any atom is -0.477 e. The fraction of sp³-hybridized carbons (Fsp3) is 0.200. The summed E-state index contributed by atoms with van der Waals surface area (Å²) >= 11 is 0. The molecule has 0 saturated carbocycles. The number of hydrogen-bond acceptors (Lipinski definition) is 6. The van der Waals surface area contributed by atoms with Crippen LogP contribution in [0.1, 0.15) is 10.4 Å². The van der Waals surface area contributed by atoms with Crippen LogP contribution in [0, 0.1) is 10.1 Å². The van der Waals surface area contributed by atoms with Crippen molar-refractivity contribution < 1.29 is 19.2 Å². The second-order valence-corrected chi connectivity index (χ2v) is 7.72. The lowest BCUT2D eigenvalue weighted by Gasteiger charge is -2.37. The van der Waals surface area contributed by atoms with Crippen molar-refractivity contribution in [3.8, 4) is 5.75 Å². The number of benzene rings is 3. The summed E-state index contributed by atoms with van der Waals surface area (Å²) in [6, 6.07) is 22.5. The first-order valence-electron chi connectivity index (χ1n) is 10.9. The Kier molecular flexibility index (Phi) is 7.02. The van der Waals surface area contributed by atoms with E-state index in [1.54, 1.807) is 12.1 Å². The van der Waals surface area contributed by atoms with E-state index in [1.807, 2.05) is 53.4 Å². The van der Waals surface area contributed by atoms with Gasteiger partial charge in [0.05, 0.1) is 16.3 Å². The van der Waals surface area contributed by atoms with Crippen molar-refractivity contribution in [2.45, 2.75) is 0 Å². The fourth-order valence-electron chi connectivity index (χ4n) is 3.83. The highest BCUT2D eigenvalue weighted by molar-refractivity contribution is 5.96. The third-order valence-electron chi connectivity index (χ3n) is 5.53. The van der Waals surface area contributed by atoms with Crippen LogP contribution < -0.4 is 15.0 Å². The van der Waals surface area contributed by atoms with Crippen molar-refractivity contribution in [3.05, 3.63) is 94.5 Å². The number of ether oxygens (including phenoxy) is 1. The minimum absolute atomic E-state index is 0.00833. The highest BCUT2D eigenvalue weighted by Gasteiger charge is 2.24. The molecule has 3 aromatic carbocycles. The first kappa shape index (κ1) is 22.8. The summed E-state index contributed by atoms with van der Waals surface area (Å²) < 4.78 is 5.39. The van der Waals surface area contributed by atoms with E-state index in [2.05, 4.69) is 10.2 Å². The van der Waals surface area contributed by atoms with Crippen molar-refractivity contribution in [3.63, 3.8) is 0 Å². The van der Waals surface area contributed by atoms with Crippen molar-refractivity contribution in [1.29, 1.82) is 0 Å². The maximum Gasteiger partial charge on any atom is 0.310 e. The Balaban J connectivity index is 1.37. The van der Waals surface area contributed by atoms with Gasteiger partial charge >= 0.3 is 5.69 Å². The molecule has 1 aliphatic heterocycles. The minimum atomic E-state index is -0.551. The third kappa shape index (κ3) is 5.32. The number of nitrogens with zero attached hydrogens (tertiary/aromatic N) is 3. The summed E-state index contributed by atoms with van der Waals surface area (Å²) in [6.07, 6.45) is 0. The molecule has 0 spiro atoms. The van der Waals surface area contributed by atoms with Crippen LogP contribution in [0.5, 0.6) is 5.75 Å². The van der Waals surface area contributed by atoms with E-state index in [0.717, 1.165) is 5.69 Å². The molecule has 1 saturated heterocycles. The van der Waals surface area contributed by atoms with Crippen molar-refractivity contribution in [2.24, 2.45) is 0 Å². The zero-order chi connectivity index (χ0) is 23.9. The Morgan fingerprint density at radius 2 is 1.53 bits per heavy atom. The standard InChI is InChI=1S/C25H24N4O5/c30-24(18-34-23-13-7-6-12-22(23)29(32)33)26-20-10-4-5-11-21(20)27-14-16-28(17-15-27)25(31)19-8-2-1-3-9-19/h1-13H,14-18H2,(H,26,30). The number of nitro groups is 1. The van der Waals surface area contributed by atoms with Gasteiger partial charge in [0, 0.05) is 37.8 Å². The molecule has 0 aliphatic carbocycles. The Bertz CT molecular complexity index is 1180. The monoisotopic (exact) mass is 460 g/mol. The van der Waals surface area contributed by atoms with Crippen LogP contribution in [-0.4, -0.2) is 54.4 Å². The van der Waals surface area contributed by atoms with Gasteiger partial charge < -0.3 is 19.9 Å². The molecular formula is C25H24N4O5. The summed E-state index contributed by atoms with van der Waals surface area (Å²) in [4.78, 5) is 39.7. The van der Waals surface area contributed by atoms with Crippen LogP contribution in [-0.2, 0) is 4.79 Å². The maximum absolute atomic E-state index is 12.7. The predicted octanol–water partition coefficient (Wildman–Crippen LogP) is 3.57. The van der Waals surface area contributed by atoms with E-state index in [1.165, 1.54) is 18.2 Å². The van der Waals surface area contributed by atoms with Crippen LogP contribution in [0.3, 0.4) is 0 Å². The molecule has 3 aromatic rings. The first-order chi connectivity index (χ1) is 16.5. The Hall–Kier alpha value is -4.40. The smallest absolute Gasteiger partial charge is 0.310 e. The first-order valence-corrected chi connectivity index (χ1v) is 10.9. The number of carbonyl (C=O) groups excluding carboxylic acids is 2. The van der Waals surface area contributed by atoms with Crippen LogP contribution >= 0.6 is 0 Å². The Labute approximate surface area is 196 Å². The molecule has 0 unspecified atom stereocenters. The molecule has 0 radical (unpaired) electrons. The molecule has 4 rings (SSSR count). The molecule has 0 aromatic heterocycles. The van der Waals surface area contributed by atoms with Gasteiger partial charge in [0.15, 0.2) is 12.4 Å². The second-order valence-electron chi connectivity index (χ2n) is 7.72. The molecule has 9 nitrogen and oxygen atoms in total. The largest absolute Gasteiger partial charge is 0.477 e. The lowest BCUT2D eigenvalue weighted by atomic mass is 10.1. The molecule has 2 amide bonds. The zero-order valence-electron chi connectivity index (χ0n) is 18.4. The van der Waals surface area contributed by atoms with E-state index in [-0.39, 0.29) is 24.0 Å². The van der Waals surface area contributed by atoms with Gasteiger partial charge in [-0.2, -0.15) is 0 Å². The van der Waals surface area contributed by atoms with Crippen LogP contribution in [0.2, 0.25) is 0 Å². The van der Waals surface area contributed by atoms with Crippen molar-refractivity contribution in [1.82, 2.24) is 4.90 Å². The topological polar surface area (TPSA) is 105 Å². The second kappa shape index (κ2) is 10.5. The van der Waals surface area contributed by atoms with Gasteiger partial charge in [-0.15, -0.1) is 0 Å². The number of hydrogen-bond donors (Lipinski definition) is 1. The van der Waals surface area contributed by atoms with E-state index < -0.39 is 10.8 Å². The molecule has 34 heavy (non-hydrogen) atoms.